The second kappa shape index (κ2) is 9.76. The molecule has 2 nitrogen and oxygen atoms in total. The van der Waals surface area contributed by atoms with Crippen molar-refractivity contribution in [3.8, 4) is 77.9 Å². The highest BCUT2D eigenvalue weighted by Crippen LogP contribution is 2.60. The van der Waals surface area contributed by atoms with Gasteiger partial charge in [-0.25, -0.2) is 4.98 Å². The van der Waals surface area contributed by atoms with E-state index >= 15 is 0 Å². The first kappa shape index (κ1) is 26.5. The number of anilines is 1. The molecule has 1 aromatic heterocycles. The lowest BCUT2D eigenvalue weighted by Gasteiger charge is -2.20. The lowest BCUT2D eigenvalue weighted by molar-refractivity contribution is 1.42. The minimum Gasteiger partial charge on any atom is -0.383 e. The van der Waals surface area contributed by atoms with E-state index in [0.717, 1.165) is 16.6 Å². The van der Waals surface area contributed by atoms with Gasteiger partial charge in [-0.15, -0.1) is 0 Å². The highest BCUT2D eigenvalue weighted by atomic mass is 14.8. The first-order chi connectivity index (χ1) is 24.3. The van der Waals surface area contributed by atoms with Crippen molar-refractivity contribution in [1.82, 2.24) is 4.98 Å². The maximum absolute atomic E-state index is 7.00. The molecule has 0 atom stereocenters. The van der Waals surface area contributed by atoms with Crippen molar-refractivity contribution in [3.63, 3.8) is 0 Å². The molecule has 0 fully saturated rings. The van der Waals surface area contributed by atoms with Gasteiger partial charge in [0.2, 0.25) is 0 Å². The normalized spacial score (nSPS) is 12.2. The van der Waals surface area contributed by atoms with Gasteiger partial charge in [-0.1, -0.05) is 152 Å². The zero-order chi connectivity index (χ0) is 32.2. The molecule has 0 saturated heterocycles. The van der Waals surface area contributed by atoms with E-state index in [9.17, 15) is 0 Å². The second-order valence-electron chi connectivity index (χ2n) is 13.2. The third-order valence-corrected chi connectivity index (χ3v) is 10.7. The molecule has 0 saturated carbocycles. The van der Waals surface area contributed by atoms with Crippen LogP contribution in [-0.4, -0.2) is 4.98 Å². The van der Waals surface area contributed by atoms with Gasteiger partial charge in [0.1, 0.15) is 5.82 Å². The fraction of sp³-hybridized carbons (Fsp3) is 0. The van der Waals surface area contributed by atoms with Gasteiger partial charge in [-0.05, 0) is 94.4 Å². The average Bonchev–Trinajstić information content (AvgIpc) is 3.67. The van der Waals surface area contributed by atoms with Crippen molar-refractivity contribution in [1.29, 1.82) is 0 Å². The molecule has 0 bridgehead atoms. The lowest BCUT2D eigenvalue weighted by Crippen LogP contribution is -1.98. The van der Waals surface area contributed by atoms with E-state index < -0.39 is 0 Å². The molecule has 2 N–H and O–H groups in total. The van der Waals surface area contributed by atoms with Crippen LogP contribution in [0.4, 0.5) is 5.82 Å². The highest BCUT2D eigenvalue weighted by molar-refractivity contribution is 6.30. The van der Waals surface area contributed by atoms with Gasteiger partial charge in [0.15, 0.2) is 0 Å². The Morgan fingerprint density at radius 3 is 1.51 bits per heavy atom. The smallest absolute Gasteiger partial charge is 0.132 e. The number of nitrogens with zero attached hydrogens (tertiary/aromatic N) is 1. The Bertz CT molecular complexity index is 2780. The predicted molar refractivity (Wildman–Crippen MR) is 206 cm³/mol. The van der Waals surface area contributed by atoms with Gasteiger partial charge in [0, 0.05) is 16.5 Å². The van der Waals surface area contributed by atoms with Crippen LogP contribution in [0.3, 0.4) is 0 Å². The first-order valence-electron chi connectivity index (χ1n) is 16.9. The fourth-order valence-corrected chi connectivity index (χ4v) is 8.87. The summed E-state index contributed by atoms with van der Waals surface area (Å²) in [6.07, 6.45) is 0. The van der Waals surface area contributed by atoms with Crippen LogP contribution in [0.2, 0.25) is 0 Å². The molecule has 1 heterocycles. The molecule has 0 radical (unpaired) electrons. The van der Waals surface area contributed by atoms with Gasteiger partial charge in [0.05, 0.1) is 5.52 Å². The van der Waals surface area contributed by atoms with Gasteiger partial charge >= 0.3 is 0 Å². The van der Waals surface area contributed by atoms with Crippen LogP contribution in [0.25, 0.3) is 110 Å². The number of nitrogen functional groups attached to an aromatic ring is 1. The number of benzene rings is 8. The van der Waals surface area contributed by atoms with Gasteiger partial charge in [0.25, 0.3) is 0 Å². The van der Waals surface area contributed by atoms with Crippen molar-refractivity contribution in [3.05, 3.63) is 158 Å². The van der Waals surface area contributed by atoms with E-state index in [1.807, 2.05) is 0 Å². The molecule has 9 aromatic rings. The van der Waals surface area contributed by atoms with Crippen LogP contribution in [-0.2, 0) is 0 Å². The maximum atomic E-state index is 7.00. The molecule has 0 spiro atoms. The molecule has 2 aliphatic rings. The molecule has 2 heteroatoms. The Labute approximate surface area is 283 Å². The van der Waals surface area contributed by atoms with E-state index in [1.165, 1.54) is 93.7 Å². The summed E-state index contributed by atoms with van der Waals surface area (Å²) in [4.78, 5) is 5.03. The van der Waals surface area contributed by atoms with E-state index in [-0.39, 0.29) is 0 Å². The largest absolute Gasteiger partial charge is 0.383 e. The molecule has 49 heavy (non-hydrogen) atoms. The van der Waals surface area contributed by atoms with Crippen molar-refractivity contribution in [2.75, 3.05) is 5.73 Å². The van der Waals surface area contributed by atoms with Crippen LogP contribution in [0.1, 0.15) is 0 Å². The number of aromatic nitrogens is 1. The number of hydrogen-bond donors (Lipinski definition) is 1. The monoisotopic (exact) mass is 620 g/mol. The van der Waals surface area contributed by atoms with E-state index in [1.54, 1.807) is 0 Å². The summed E-state index contributed by atoms with van der Waals surface area (Å²) < 4.78 is 0. The molecular formula is C47H28N2. The minimum absolute atomic E-state index is 0.563. The van der Waals surface area contributed by atoms with Crippen LogP contribution >= 0.6 is 0 Å². The Kier molecular flexibility index (Phi) is 5.29. The molecule has 0 unspecified atom stereocenters. The predicted octanol–water partition coefficient (Wildman–Crippen LogP) is 12.4. The summed E-state index contributed by atoms with van der Waals surface area (Å²) in [5.74, 6) is 0.563. The SMILES string of the molecule is Nc1nc2cccc3c2c(c1-c1ccc2c4c(cccc14)-c1c-2c(-c2ccccc2)c2ccccc2c1-c1ccccc1)-c1ccccc1-3. The zero-order valence-corrected chi connectivity index (χ0v) is 26.5. The summed E-state index contributed by atoms with van der Waals surface area (Å²) in [7, 11) is 0. The molecule has 0 aliphatic heterocycles. The Hall–Kier alpha value is -6.51. The minimum atomic E-state index is 0.563. The molecule has 8 aromatic carbocycles. The van der Waals surface area contributed by atoms with Crippen LogP contribution in [0.15, 0.2) is 158 Å². The number of rotatable bonds is 3. The maximum Gasteiger partial charge on any atom is 0.132 e. The molecule has 226 valence electrons. The van der Waals surface area contributed by atoms with Gasteiger partial charge in [-0.2, -0.15) is 0 Å². The molecule has 11 rings (SSSR count). The Morgan fingerprint density at radius 2 is 0.816 bits per heavy atom. The van der Waals surface area contributed by atoms with E-state index in [2.05, 4.69) is 158 Å². The standard InChI is InChI=1S/C47H28N2/c48-47-46(43-31-18-8-7-17-29(31)30-22-12-24-38(49-47)42(30)43)35-25-26-37-41-34(35)21-11-23-36(41)44-39(27-13-3-1-4-14-27)32-19-9-10-20-33(32)40(45(37)44)28-15-5-2-6-16-28/h1-26H,(H2,48,49). The Balaban J connectivity index is 1.29. The lowest BCUT2D eigenvalue weighted by atomic mass is 9.82. The molecule has 0 amide bonds. The van der Waals surface area contributed by atoms with Crippen molar-refractivity contribution in [2.45, 2.75) is 0 Å². The highest BCUT2D eigenvalue weighted by Gasteiger charge is 2.33. The van der Waals surface area contributed by atoms with E-state index in [0.29, 0.717) is 5.82 Å². The topological polar surface area (TPSA) is 38.9 Å². The third kappa shape index (κ3) is 3.47. The number of fused-ring (bicyclic) bond motifs is 7. The average molecular weight is 621 g/mol. The van der Waals surface area contributed by atoms with E-state index in [4.69, 9.17) is 10.7 Å². The Morgan fingerprint density at radius 1 is 0.306 bits per heavy atom. The van der Waals surface area contributed by atoms with Crippen LogP contribution in [0, 0.1) is 0 Å². The summed E-state index contributed by atoms with van der Waals surface area (Å²) in [5.41, 5.74) is 25.0. The fourth-order valence-electron chi connectivity index (χ4n) is 8.87. The van der Waals surface area contributed by atoms with Crippen molar-refractivity contribution in [2.24, 2.45) is 0 Å². The summed E-state index contributed by atoms with van der Waals surface area (Å²) in [6, 6.07) is 57.2. The second-order valence-corrected chi connectivity index (χ2v) is 13.2. The third-order valence-electron chi connectivity index (χ3n) is 10.7. The zero-order valence-electron chi connectivity index (χ0n) is 26.5. The number of hydrogen-bond acceptors (Lipinski definition) is 2. The first-order valence-corrected chi connectivity index (χ1v) is 16.9. The van der Waals surface area contributed by atoms with Crippen molar-refractivity contribution >= 4 is 38.3 Å². The number of pyridine rings is 1. The summed E-state index contributed by atoms with van der Waals surface area (Å²) in [5, 5.41) is 6.17. The van der Waals surface area contributed by atoms with Gasteiger partial charge < -0.3 is 5.73 Å². The van der Waals surface area contributed by atoms with Crippen LogP contribution in [0.5, 0.6) is 0 Å². The van der Waals surface area contributed by atoms with Crippen molar-refractivity contribution < 1.29 is 0 Å². The summed E-state index contributed by atoms with van der Waals surface area (Å²) >= 11 is 0. The summed E-state index contributed by atoms with van der Waals surface area (Å²) in [6.45, 7) is 0. The number of nitrogens with two attached hydrogens (primary N) is 1. The van der Waals surface area contributed by atoms with Gasteiger partial charge in [-0.3, -0.25) is 0 Å². The quantitative estimate of drug-likeness (QED) is 0.213. The molecule has 2 aliphatic carbocycles. The molecular weight excluding hydrogens is 593 g/mol. The van der Waals surface area contributed by atoms with Crippen LogP contribution < -0.4 is 5.73 Å².